The zero-order valence-electron chi connectivity index (χ0n) is 9.64. The summed E-state index contributed by atoms with van der Waals surface area (Å²) in [5.41, 5.74) is -4.52. The first-order chi connectivity index (χ1) is 9.15. The largest absolute Gasteiger partial charge is 0.447 e. The molecule has 1 aromatic heterocycles. The first kappa shape index (κ1) is 14.8. The van der Waals surface area contributed by atoms with Gasteiger partial charge in [0.2, 0.25) is 0 Å². The fraction of sp³-hybridized carbons (Fsp3) is 0.167. The first-order valence-corrected chi connectivity index (χ1v) is 6.09. The minimum Gasteiger partial charge on any atom is -0.349 e. The van der Waals surface area contributed by atoms with Gasteiger partial charge in [0.1, 0.15) is 0 Å². The molecule has 0 bridgehead atoms. The number of rotatable bonds is 2. The number of H-pyrrole nitrogens is 1. The van der Waals surface area contributed by atoms with Crippen molar-refractivity contribution >= 4 is 11.8 Å². The van der Waals surface area contributed by atoms with Crippen LogP contribution in [-0.4, -0.2) is 10.5 Å². The molecule has 0 aliphatic heterocycles. The Morgan fingerprint density at radius 3 is 1.90 bits per heavy atom. The summed E-state index contributed by atoms with van der Waals surface area (Å²) in [6.07, 6.45) is -4.44. The lowest BCUT2D eigenvalue weighted by Crippen LogP contribution is -2.04. The molecule has 20 heavy (non-hydrogen) atoms. The molecule has 1 N–H and O–H groups in total. The van der Waals surface area contributed by atoms with Gasteiger partial charge in [-0.2, -0.15) is 26.3 Å². The second kappa shape index (κ2) is 5.08. The predicted octanol–water partition coefficient (Wildman–Crippen LogP) is 5.31. The third-order valence-electron chi connectivity index (χ3n) is 2.41. The third-order valence-corrected chi connectivity index (χ3v) is 3.10. The number of thioether (sulfide) groups is 1. The maximum absolute atomic E-state index is 12.4. The van der Waals surface area contributed by atoms with Crippen LogP contribution in [0.3, 0.4) is 0 Å². The lowest BCUT2D eigenvalue weighted by atomic mass is 10.1. The summed E-state index contributed by atoms with van der Waals surface area (Å²) >= 11 is -0.312. The second-order valence-corrected chi connectivity index (χ2v) is 4.97. The molecule has 0 aliphatic rings. The normalized spacial score (nSPS) is 12.7. The van der Waals surface area contributed by atoms with Gasteiger partial charge in [-0.3, -0.25) is 0 Å². The Morgan fingerprint density at radius 2 is 1.40 bits per heavy atom. The van der Waals surface area contributed by atoms with Crippen LogP contribution >= 0.6 is 11.8 Å². The summed E-state index contributed by atoms with van der Waals surface area (Å²) in [5, 5.41) is -0.118. The summed E-state index contributed by atoms with van der Waals surface area (Å²) in [5.74, 6) is 0. The van der Waals surface area contributed by atoms with Crippen LogP contribution in [0.4, 0.5) is 26.3 Å². The van der Waals surface area contributed by atoms with E-state index >= 15 is 0 Å². The Kier molecular flexibility index (Phi) is 3.77. The van der Waals surface area contributed by atoms with Gasteiger partial charge in [-0.15, -0.1) is 0 Å². The Morgan fingerprint density at radius 1 is 0.800 bits per heavy atom. The zero-order chi connectivity index (χ0) is 15.0. The minimum absolute atomic E-state index is 0.118. The highest BCUT2D eigenvalue weighted by Crippen LogP contribution is 2.37. The maximum Gasteiger partial charge on any atom is 0.447 e. The summed E-state index contributed by atoms with van der Waals surface area (Å²) in [7, 11) is 0. The van der Waals surface area contributed by atoms with Crippen LogP contribution < -0.4 is 0 Å². The van der Waals surface area contributed by atoms with Crippen molar-refractivity contribution in [3.8, 4) is 11.3 Å². The molecular formula is C12H7F6NS. The van der Waals surface area contributed by atoms with E-state index in [0.29, 0.717) is 11.3 Å². The number of benzene rings is 1. The average molecular weight is 311 g/mol. The van der Waals surface area contributed by atoms with Gasteiger partial charge in [0.15, 0.2) is 0 Å². The molecule has 0 atom stereocenters. The smallest absolute Gasteiger partial charge is 0.349 e. The van der Waals surface area contributed by atoms with Gasteiger partial charge in [-0.05, 0) is 29.8 Å². The Labute approximate surface area is 114 Å². The number of hydrogen-bond donors (Lipinski definition) is 1. The number of nitrogens with one attached hydrogen (secondary N) is 1. The van der Waals surface area contributed by atoms with Gasteiger partial charge >= 0.3 is 11.7 Å². The fourth-order valence-corrected chi connectivity index (χ4v) is 2.11. The fourth-order valence-electron chi connectivity index (χ4n) is 1.57. The van der Waals surface area contributed by atoms with Gasteiger partial charge in [0.05, 0.1) is 10.6 Å². The summed E-state index contributed by atoms with van der Waals surface area (Å²) in [4.78, 5) is 2.51. The van der Waals surface area contributed by atoms with E-state index in [4.69, 9.17) is 0 Å². The zero-order valence-corrected chi connectivity index (χ0v) is 10.5. The first-order valence-electron chi connectivity index (χ1n) is 5.27. The van der Waals surface area contributed by atoms with Crippen LogP contribution in [0.2, 0.25) is 0 Å². The summed E-state index contributed by atoms with van der Waals surface area (Å²) in [6, 6.07) is 6.79. The molecule has 1 aromatic carbocycles. The number of aromatic nitrogens is 1. The van der Waals surface area contributed by atoms with E-state index < -0.39 is 17.2 Å². The van der Waals surface area contributed by atoms with Crippen molar-refractivity contribution in [1.82, 2.24) is 4.98 Å². The van der Waals surface area contributed by atoms with E-state index in [-0.39, 0.29) is 16.8 Å². The van der Waals surface area contributed by atoms with Gasteiger partial charge in [-0.25, -0.2) is 0 Å². The lowest BCUT2D eigenvalue weighted by molar-refractivity contribution is -0.137. The minimum atomic E-state index is -4.44. The van der Waals surface area contributed by atoms with Gasteiger partial charge in [0, 0.05) is 17.5 Å². The molecule has 0 saturated heterocycles. The van der Waals surface area contributed by atoms with Crippen LogP contribution in [-0.2, 0) is 6.18 Å². The highest BCUT2D eigenvalue weighted by molar-refractivity contribution is 8.00. The van der Waals surface area contributed by atoms with Crippen LogP contribution in [0.5, 0.6) is 0 Å². The molecule has 0 unspecified atom stereocenters. The molecule has 1 heterocycles. The Bertz CT molecular complexity index is 581. The van der Waals surface area contributed by atoms with E-state index in [0.717, 1.165) is 12.1 Å². The topological polar surface area (TPSA) is 15.8 Å². The highest BCUT2D eigenvalue weighted by atomic mass is 32.2. The van der Waals surface area contributed by atoms with Crippen molar-refractivity contribution in [2.24, 2.45) is 0 Å². The van der Waals surface area contributed by atoms with Crippen LogP contribution in [0, 0.1) is 0 Å². The van der Waals surface area contributed by atoms with Crippen LogP contribution in [0.1, 0.15) is 5.56 Å². The van der Waals surface area contributed by atoms with Crippen molar-refractivity contribution in [2.75, 3.05) is 0 Å². The molecule has 8 heteroatoms. The summed E-state index contributed by atoms with van der Waals surface area (Å²) in [6.45, 7) is 0. The molecule has 0 amide bonds. The molecular weight excluding hydrogens is 304 g/mol. The SMILES string of the molecule is FC(F)(F)Sc1ccc(-c2ccc(C(F)(F)F)cc2)[nH]1. The Hall–Kier alpha value is -1.57. The van der Waals surface area contributed by atoms with Gasteiger partial charge in [0.25, 0.3) is 0 Å². The van der Waals surface area contributed by atoms with Crippen molar-refractivity contribution in [3.63, 3.8) is 0 Å². The Balaban J connectivity index is 2.20. The van der Waals surface area contributed by atoms with Crippen molar-refractivity contribution in [1.29, 1.82) is 0 Å². The molecule has 2 aromatic rings. The van der Waals surface area contributed by atoms with E-state index in [1.807, 2.05) is 0 Å². The molecule has 0 spiro atoms. The van der Waals surface area contributed by atoms with Gasteiger partial charge < -0.3 is 4.98 Å². The van der Waals surface area contributed by atoms with E-state index in [1.165, 1.54) is 24.3 Å². The molecule has 108 valence electrons. The highest BCUT2D eigenvalue weighted by Gasteiger charge is 2.31. The molecule has 2 rings (SSSR count). The molecule has 0 saturated carbocycles. The lowest BCUT2D eigenvalue weighted by Gasteiger charge is -2.07. The predicted molar refractivity (Wildman–Crippen MR) is 63.1 cm³/mol. The average Bonchev–Trinajstić information content (AvgIpc) is 2.74. The van der Waals surface area contributed by atoms with Crippen molar-refractivity contribution < 1.29 is 26.3 Å². The van der Waals surface area contributed by atoms with Crippen LogP contribution in [0.15, 0.2) is 41.4 Å². The van der Waals surface area contributed by atoms with Crippen LogP contribution in [0.25, 0.3) is 11.3 Å². The van der Waals surface area contributed by atoms with Crippen molar-refractivity contribution in [2.45, 2.75) is 16.7 Å². The van der Waals surface area contributed by atoms with E-state index in [2.05, 4.69) is 4.98 Å². The number of halogens is 6. The van der Waals surface area contributed by atoms with E-state index in [9.17, 15) is 26.3 Å². The monoisotopic (exact) mass is 311 g/mol. The standard InChI is InChI=1S/C12H7F6NS/c13-11(14,15)8-3-1-7(2-4-8)9-5-6-10(19-9)20-12(16,17)18/h1-6,19H. The number of aromatic amines is 1. The number of hydrogen-bond acceptors (Lipinski definition) is 1. The summed E-state index contributed by atoms with van der Waals surface area (Å²) < 4.78 is 73.6. The molecule has 0 aliphatic carbocycles. The number of alkyl halides is 6. The third kappa shape index (κ3) is 3.72. The van der Waals surface area contributed by atoms with E-state index in [1.54, 1.807) is 0 Å². The molecule has 0 fully saturated rings. The maximum atomic E-state index is 12.4. The molecule has 1 nitrogen and oxygen atoms in total. The van der Waals surface area contributed by atoms with Gasteiger partial charge in [-0.1, -0.05) is 12.1 Å². The quantitative estimate of drug-likeness (QED) is 0.587. The molecule has 0 radical (unpaired) electrons. The van der Waals surface area contributed by atoms with Crippen molar-refractivity contribution in [3.05, 3.63) is 42.0 Å². The second-order valence-electron chi connectivity index (χ2n) is 3.86.